The van der Waals surface area contributed by atoms with Gasteiger partial charge in [-0.15, -0.1) is 0 Å². The van der Waals surface area contributed by atoms with Gasteiger partial charge in [-0.1, -0.05) is 31.2 Å². The van der Waals surface area contributed by atoms with Crippen molar-refractivity contribution < 1.29 is 4.74 Å². The van der Waals surface area contributed by atoms with Crippen molar-refractivity contribution in [2.45, 2.75) is 44.2 Å². The van der Waals surface area contributed by atoms with Crippen LogP contribution < -0.4 is 5.73 Å². The summed E-state index contributed by atoms with van der Waals surface area (Å²) in [5, 5.41) is 0. The van der Waals surface area contributed by atoms with Gasteiger partial charge < -0.3 is 10.5 Å². The summed E-state index contributed by atoms with van der Waals surface area (Å²) in [6, 6.07) is 9.33. The number of rotatable bonds is 2. The highest BCUT2D eigenvalue weighted by atomic mass is 16.5. The van der Waals surface area contributed by atoms with Gasteiger partial charge in [-0.05, 0) is 36.8 Å². The van der Waals surface area contributed by atoms with Crippen molar-refractivity contribution >= 4 is 0 Å². The Kier molecular flexibility index (Phi) is 3.85. The maximum absolute atomic E-state index is 6.31. The topological polar surface area (TPSA) is 38.5 Å². The van der Waals surface area contributed by atoms with Gasteiger partial charge in [-0.25, -0.2) is 0 Å². The number of fused-ring (bicyclic) bond motifs is 1. The fourth-order valence-electron chi connectivity index (χ4n) is 4.09. The van der Waals surface area contributed by atoms with Crippen LogP contribution in [0, 0.1) is 0 Å². The SMILES string of the molecule is CC1CCC(CN)(N2CCOCC2C)c2ccccc21. The smallest absolute Gasteiger partial charge is 0.0620 e. The molecular formula is C17H26N2O. The third-order valence-corrected chi connectivity index (χ3v) is 5.24. The molecule has 3 heteroatoms. The molecule has 0 radical (unpaired) electrons. The van der Waals surface area contributed by atoms with E-state index in [0.717, 1.165) is 26.2 Å². The van der Waals surface area contributed by atoms with Crippen molar-refractivity contribution in [1.29, 1.82) is 0 Å². The van der Waals surface area contributed by atoms with Crippen LogP contribution in [0.1, 0.15) is 43.7 Å². The second kappa shape index (κ2) is 5.47. The van der Waals surface area contributed by atoms with E-state index in [4.69, 9.17) is 10.5 Å². The summed E-state index contributed by atoms with van der Waals surface area (Å²) in [7, 11) is 0. The predicted octanol–water partition coefficient (Wildman–Crippen LogP) is 2.46. The standard InChI is InChI=1S/C17H26N2O/c1-13-7-8-17(12-18,16-6-4-3-5-15(13)16)19-9-10-20-11-14(19)2/h3-6,13-14H,7-12,18H2,1-2H3. The Bertz CT molecular complexity index is 476. The molecule has 3 unspecified atom stereocenters. The lowest BCUT2D eigenvalue weighted by Crippen LogP contribution is -2.60. The molecule has 0 bridgehead atoms. The van der Waals surface area contributed by atoms with E-state index in [1.54, 1.807) is 0 Å². The molecule has 1 saturated heterocycles. The van der Waals surface area contributed by atoms with E-state index in [0.29, 0.717) is 18.5 Å². The third-order valence-electron chi connectivity index (χ3n) is 5.24. The molecule has 0 spiro atoms. The highest BCUT2D eigenvalue weighted by Gasteiger charge is 2.44. The van der Waals surface area contributed by atoms with Gasteiger partial charge in [0, 0.05) is 19.1 Å². The third kappa shape index (κ3) is 2.09. The van der Waals surface area contributed by atoms with E-state index in [1.807, 2.05) is 0 Å². The Balaban J connectivity index is 2.06. The predicted molar refractivity (Wildman–Crippen MR) is 81.8 cm³/mol. The first-order valence-corrected chi connectivity index (χ1v) is 7.83. The average molecular weight is 274 g/mol. The molecule has 20 heavy (non-hydrogen) atoms. The van der Waals surface area contributed by atoms with E-state index in [9.17, 15) is 0 Å². The molecule has 0 saturated carbocycles. The number of morpholine rings is 1. The van der Waals surface area contributed by atoms with Crippen LogP contribution in [-0.2, 0) is 10.3 Å². The summed E-state index contributed by atoms with van der Waals surface area (Å²) in [4.78, 5) is 2.60. The minimum absolute atomic E-state index is 0.00625. The first-order valence-electron chi connectivity index (χ1n) is 7.83. The fraction of sp³-hybridized carbons (Fsp3) is 0.647. The van der Waals surface area contributed by atoms with Crippen LogP contribution in [-0.4, -0.2) is 37.2 Å². The summed E-state index contributed by atoms with van der Waals surface area (Å²) in [5.41, 5.74) is 9.26. The maximum Gasteiger partial charge on any atom is 0.0620 e. The molecule has 2 aliphatic rings. The lowest BCUT2D eigenvalue weighted by atomic mass is 9.71. The summed E-state index contributed by atoms with van der Waals surface area (Å²) in [6.07, 6.45) is 2.38. The highest BCUT2D eigenvalue weighted by molar-refractivity contribution is 5.39. The Labute approximate surface area is 122 Å². The lowest BCUT2D eigenvalue weighted by Gasteiger charge is -2.52. The van der Waals surface area contributed by atoms with E-state index in [2.05, 4.69) is 43.0 Å². The summed E-state index contributed by atoms with van der Waals surface area (Å²) >= 11 is 0. The molecule has 1 fully saturated rings. The summed E-state index contributed by atoms with van der Waals surface area (Å²) in [6.45, 7) is 7.92. The fourth-order valence-corrected chi connectivity index (χ4v) is 4.09. The molecule has 1 aromatic carbocycles. The van der Waals surface area contributed by atoms with Gasteiger partial charge in [-0.2, -0.15) is 0 Å². The molecule has 1 heterocycles. The molecule has 3 atom stereocenters. The molecule has 0 aromatic heterocycles. The van der Waals surface area contributed by atoms with Crippen molar-refractivity contribution in [1.82, 2.24) is 4.90 Å². The Morgan fingerprint density at radius 3 is 2.90 bits per heavy atom. The molecule has 3 rings (SSSR count). The number of hydrogen-bond donors (Lipinski definition) is 1. The Morgan fingerprint density at radius 2 is 2.15 bits per heavy atom. The van der Waals surface area contributed by atoms with Crippen LogP contribution in [0.25, 0.3) is 0 Å². The number of benzene rings is 1. The van der Waals surface area contributed by atoms with Crippen LogP contribution in [0.15, 0.2) is 24.3 Å². The monoisotopic (exact) mass is 274 g/mol. The maximum atomic E-state index is 6.31. The number of ether oxygens (including phenoxy) is 1. The molecule has 1 aliphatic carbocycles. The van der Waals surface area contributed by atoms with Crippen molar-refractivity contribution in [3.05, 3.63) is 35.4 Å². The number of nitrogens with two attached hydrogens (primary N) is 1. The highest BCUT2D eigenvalue weighted by Crippen LogP contribution is 2.45. The average Bonchev–Trinajstić information content (AvgIpc) is 2.50. The van der Waals surface area contributed by atoms with Crippen molar-refractivity contribution in [2.75, 3.05) is 26.3 Å². The quantitative estimate of drug-likeness (QED) is 0.900. The summed E-state index contributed by atoms with van der Waals surface area (Å²) < 4.78 is 5.62. The van der Waals surface area contributed by atoms with Gasteiger partial charge in [0.25, 0.3) is 0 Å². The van der Waals surface area contributed by atoms with Gasteiger partial charge in [0.1, 0.15) is 0 Å². The molecule has 3 nitrogen and oxygen atoms in total. The zero-order chi connectivity index (χ0) is 14.2. The second-order valence-corrected chi connectivity index (χ2v) is 6.38. The zero-order valence-electron chi connectivity index (χ0n) is 12.6. The van der Waals surface area contributed by atoms with Crippen LogP contribution >= 0.6 is 0 Å². The molecule has 1 aliphatic heterocycles. The van der Waals surface area contributed by atoms with Gasteiger partial charge in [-0.3, -0.25) is 4.90 Å². The number of nitrogens with zero attached hydrogens (tertiary/aromatic N) is 1. The van der Waals surface area contributed by atoms with Crippen LogP contribution in [0.5, 0.6) is 0 Å². The number of hydrogen-bond acceptors (Lipinski definition) is 3. The van der Waals surface area contributed by atoms with Crippen molar-refractivity contribution in [3.8, 4) is 0 Å². The minimum atomic E-state index is 0.00625. The molecule has 110 valence electrons. The van der Waals surface area contributed by atoms with E-state index in [1.165, 1.54) is 17.5 Å². The zero-order valence-corrected chi connectivity index (χ0v) is 12.6. The first kappa shape index (κ1) is 14.1. The van der Waals surface area contributed by atoms with E-state index < -0.39 is 0 Å². The minimum Gasteiger partial charge on any atom is -0.379 e. The van der Waals surface area contributed by atoms with Gasteiger partial charge in [0.05, 0.1) is 18.8 Å². The van der Waals surface area contributed by atoms with Crippen LogP contribution in [0.4, 0.5) is 0 Å². The molecule has 0 amide bonds. The van der Waals surface area contributed by atoms with Crippen molar-refractivity contribution in [3.63, 3.8) is 0 Å². The van der Waals surface area contributed by atoms with Crippen LogP contribution in [0.2, 0.25) is 0 Å². The largest absolute Gasteiger partial charge is 0.379 e. The Morgan fingerprint density at radius 1 is 1.35 bits per heavy atom. The Hall–Kier alpha value is -0.900. The summed E-state index contributed by atoms with van der Waals surface area (Å²) in [5.74, 6) is 0.641. The van der Waals surface area contributed by atoms with E-state index >= 15 is 0 Å². The molecular weight excluding hydrogens is 248 g/mol. The lowest BCUT2D eigenvalue weighted by molar-refractivity contribution is -0.0658. The van der Waals surface area contributed by atoms with Crippen molar-refractivity contribution in [2.24, 2.45) is 5.73 Å². The normalized spacial score (nSPS) is 34.8. The van der Waals surface area contributed by atoms with Gasteiger partial charge in [0.15, 0.2) is 0 Å². The van der Waals surface area contributed by atoms with Gasteiger partial charge in [0.2, 0.25) is 0 Å². The first-order chi connectivity index (χ1) is 9.69. The van der Waals surface area contributed by atoms with E-state index in [-0.39, 0.29) is 5.54 Å². The second-order valence-electron chi connectivity index (χ2n) is 6.38. The molecule has 2 N–H and O–H groups in total. The van der Waals surface area contributed by atoms with Gasteiger partial charge >= 0.3 is 0 Å². The molecule has 1 aromatic rings. The van der Waals surface area contributed by atoms with Crippen LogP contribution in [0.3, 0.4) is 0 Å².